The fourth-order valence-electron chi connectivity index (χ4n) is 1.96. The van der Waals surface area contributed by atoms with Gasteiger partial charge in [-0.3, -0.25) is 0 Å². The molecule has 0 aliphatic heterocycles. The second-order valence-corrected chi connectivity index (χ2v) is 4.62. The Labute approximate surface area is 92.3 Å². The zero-order valence-corrected chi connectivity index (χ0v) is 9.61. The van der Waals surface area contributed by atoms with E-state index in [1.54, 1.807) is 0 Å². The number of nitrogens with zero attached hydrogens (tertiary/aromatic N) is 1. The minimum Gasteiger partial charge on any atom is -0.312 e. The van der Waals surface area contributed by atoms with Gasteiger partial charge in [0.15, 0.2) is 0 Å². The molecular weight excluding hydrogens is 184 g/mol. The first kappa shape index (κ1) is 10.7. The normalized spacial score (nSPS) is 24.5. The number of benzene rings is 1. The summed E-state index contributed by atoms with van der Waals surface area (Å²) in [5.74, 6) is 0.758. The number of hydrogen-bond acceptors (Lipinski definition) is 2. The molecule has 0 heterocycles. The Kier molecular flexibility index (Phi) is 3.39. The molecule has 82 valence electrons. The van der Waals surface area contributed by atoms with E-state index in [1.807, 2.05) is 0 Å². The SMILES string of the molecule is CN(C)CCNC1CC1c1ccccc1. The van der Waals surface area contributed by atoms with E-state index in [4.69, 9.17) is 0 Å². The van der Waals surface area contributed by atoms with Gasteiger partial charge in [0, 0.05) is 25.0 Å². The molecule has 1 aliphatic rings. The quantitative estimate of drug-likeness (QED) is 0.785. The van der Waals surface area contributed by atoms with Gasteiger partial charge in [0.2, 0.25) is 0 Å². The molecule has 0 amide bonds. The lowest BCUT2D eigenvalue weighted by molar-refractivity contribution is 0.399. The molecule has 2 unspecified atom stereocenters. The fourth-order valence-corrected chi connectivity index (χ4v) is 1.96. The van der Waals surface area contributed by atoms with Gasteiger partial charge in [-0.1, -0.05) is 30.3 Å². The first-order valence-corrected chi connectivity index (χ1v) is 5.70. The third-order valence-corrected chi connectivity index (χ3v) is 2.98. The van der Waals surface area contributed by atoms with Gasteiger partial charge < -0.3 is 10.2 Å². The average molecular weight is 204 g/mol. The molecule has 0 radical (unpaired) electrons. The Bertz CT molecular complexity index is 295. The van der Waals surface area contributed by atoms with Crippen LogP contribution in [0, 0.1) is 0 Å². The van der Waals surface area contributed by atoms with Crippen molar-refractivity contribution in [3.05, 3.63) is 35.9 Å². The maximum absolute atomic E-state index is 3.59. The van der Waals surface area contributed by atoms with Crippen LogP contribution >= 0.6 is 0 Å². The molecule has 1 saturated carbocycles. The third kappa shape index (κ3) is 3.05. The molecule has 0 bridgehead atoms. The number of likely N-dealkylation sites (N-methyl/N-ethyl adjacent to an activating group) is 1. The van der Waals surface area contributed by atoms with Gasteiger partial charge in [-0.05, 0) is 26.1 Å². The van der Waals surface area contributed by atoms with E-state index in [1.165, 1.54) is 12.0 Å². The highest BCUT2D eigenvalue weighted by Crippen LogP contribution is 2.40. The largest absolute Gasteiger partial charge is 0.312 e. The summed E-state index contributed by atoms with van der Waals surface area (Å²) < 4.78 is 0. The summed E-state index contributed by atoms with van der Waals surface area (Å²) >= 11 is 0. The topological polar surface area (TPSA) is 15.3 Å². The van der Waals surface area contributed by atoms with Crippen molar-refractivity contribution in [1.29, 1.82) is 0 Å². The smallest absolute Gasteiger partial charge is 0.0143 e. The summed E-state index contributed by atoms with van der Waals surface area (Å²) in [6, 6.07) is 11.5. The molecule has 0 saturated heterocycles. The van der Waals surface area contributed by atoms with Crippen molar-refractivity contribution in [1.82, 2.24) is 10.2 Å². The number of hydrogen-bond donors (Lipinski definition) is 1. The number of rotatable bonds is 5. The minimum absolute atomic E-state index is 0.715. The molecule has 2 nitrogen and oxygen atoms in total. The van der Waals surface area contributed by atoms with Crippen LogP contribution in [0.15, 0.2) is 30.3 Å². The van der Waals surface area contributed by atoms with Crippen molar-refractivity contribution in [3.63, 3.8) is 0 Å². The first-order valence-electron chi connectivity index (χ1n) is 5.70. The Morgan fingerprint density at radius 3 is 2.67 bits per heavy atom. The molecule has 1 aromatic carbocycles. The Morgan fingerprint density at radius 1 is 1.27 bits per heavy atom. The first-order chi connectivity index (χ1) is 7.27. The molecule has 2 atom stereocenters. The molecule has 0 spiro atoms. The lowest BCUT2D eigenvalue weighted by Gasteiger charge is -2.10. The Morgan fingerprint density at radius 2 is 2.00 bits per heavy atom. The monoisotopic (exact) mass is 204 g/mol. The van der Waals surface area contributed by atoms with E-state index in [-0.39, 0.29) is 0 Å². The molecule has 1 aliphatic carbocycles. The van der Waals surface area contributed by atoms with Gasteiger partial charge in [0.25, 0.3) is 0 Å². The van der Waals surface area contributed by atoms with Crippen LogP contribution in [0.3, 0.4) is 0 Å². The standard InChI is InChI=1S/C13H20N2/c1-15(2)9-8-14-13-10-12(13)11-6-4-3-5-7-11/h3-7,12-14H,8-10H2,1-2H3. The van der Waals surface area contributed by atoms with Gasteiger partial charge in [0.1, 0.15) is 0 Å². The van der Waals surface area contributed by atoms with Gasteiger partial charge >= 0.3 is 0 Å². The van der Waals surface area contributed by atoms with Crippen molar-refractivity contribution in [2.45, 2.75) is 18.4 Å². The van der Waals surface area contributed by atoms with E-state index in [9.17, 15) is 0 Å². The van der Waals surface area contributed by atoms with Crippen LogP contribution < -0.4 is 5.32 Å². The maximum Gasteiger partial charge on any atom is 0.0143 e. The van der Waals surface area contributed by atoms with E-state index < -0.39 is 0 Å². The zero-order chi connectivity index (χ0) is 10.7. The second kappa shape index (κ2) is 4.77. The second-order valence-electron chi connectivity index (χ2n) is 4.62. The molecule has 2 rings (SSSR count). The van der Waals surface area contributed by atoms with Crippen molar-refractivity contribution in [2.24, 2.45) is 0 Å². The van der Waals surface area contributed by atoms with Crippen LogP contribution in [-0.4, -0.2) is 38.1 Å². The highest BCUT2D eigenvalue weighted by atomic mass is 15.1. The van der Waals surface area contributed by atoms with Gasteiger partial charge in [-0.2, -0.15) is 0 Å². The molecule has 2 heteroatoms. The molecule has 0 aromatic heterocycles. The van der Waals surface area contributed by atoms with Crippen molar-refractivity contribution in [3.8, 4) is 0 Å². The lowest BCUT2D eigenvalue weighted by Crippen LogP contribution is -2.28. The Balaban J connectivity index is 1.72. The predicted molar refractivity (Wildman–Crippen MR) is 64.1 cm³/mol. The molecule has 15 heavy (non-hydrogen) atoms. The van der Waals surface area contributed by atoms with Crippen LogP contribution in [0.25, 0.3) is 0 Å². The highest BCUT2D eigenvalue weighted by molar-refractivity contribution is 5.27. The van der Waals surface area contributed by atoms with Crippen molar-refractivity contribution in [2.75, 3.05) is 27.2 Å². The summed E-state index contributed by atoms with van der Waals surface area (Å²) in [7, 11) is 4.23. The maximum atomic E-state index is 3.59. The van der Waals surface area contributed by atoms with Crippen molar-refractivity contribution < 1.29 is 0 Å². The molecular formula is C13H20N2. The van der Waals surface area contributed by atoms with E-state index in [2.05, 4.69) is 54.6 Å². The minimum atomic E-state index is 0.715. The van der Waals surface area contributed by atoms with E-state index in [0.717, 1.165) is 19.0 Å². The van der Waals surface area contributed by atoms with Crippen molar-refractivity contribution >= 4 is 0 Å². The lowest BCUT2D eigenvalue weighted by atomic mass is 10.1. The summed E-state index contributed by atoms with van der Waals surface area (Å²) in [5.41, 5.74) is 1.49. The Hall–Kier alpha value is -0.860. The van der Waals surface area contributed by atoms with Gasteiger partial charge in [-0.15, -0.1) is 0 Å². The van der Waals surface area contributed by atoms with Crippen LogP contribution in [0.1, 0.15) is 17.9 Å². The van der Waals surface area contributed by atoms with Crippen LogP contribution in [0.5, 0.6) is 0 Å². The van der Waals surface area contributed by atoms with Crippen LogP contribution in [-0.2, 0) is 0 Å². The predicted octanol–water partition coefficient (Wildman–Crippen LogP) is 1.69. The third-order valence-electron chi connectivity index (χ3n) is 2.98. The van der Waals surface area contributed by atoms with Gasteiger partial charge in [0.05, 0.1) is 0 Å². The van der Waals surface area contributed by atoms with Gasteiger partial charge in [-0.25, -0.2) is 0 Å². The summed E-state index contributed by atoms with van der Waals surface area (Å²) in [5, 5.41) is 3.59. The zero-order valence-electron chi connectivity index (χ0n) is 9.61. The molecule has 1 N–H and O–H groups in total. The van der Waals surface area contributed by atoms with Crippen LogP contribution in [0.4, 0.5) is 0 Å². The highest BCUT2D eigenvalue weighted by Gasteiger charge is 2.37. The summed E-state index contributed by atoms with van der Waals surface area (Å²) in [4.78, 5) is 2.22. The summed E-state index contributed by atoms with van der Waals surface area (Å²) in [6.07, 6.45) is 1.30. The average Bonchev–Trinajstić information content (AvgIpc) is 2.98. The molecule has 1 fully saturated rings. The van der Waals surface area contributed by atoms with Crippen LogP contribution in [0.2, 0.25) is 0 Å². The molecule has 1 aromatic rings. The fraction of sp³-hybridized carbons (Fsp3) is 0.538. The summed E-state index contributed by atoms with van der Waals surface area (Å²) in [6.45, 7) is 2.22. The van der Waals surface area contributed by atoms with E-state index in [0.29, 0.717) is 6.04 Å². The van der Waals surface area contributed by atoms with E-state index >= 15 is 0 Å². The number of nitrogens with one attached hydrogen (secondary N) is 1.